The minimum atomic E-state index is 0.140. The van der Waals surface area contributed by atoms with Crippen LogP contribution < -0.4 is 0 Å². The second-order valence-electron chi connectivity index (χ2n) is 11.7. The fourth-order valence-corrected chi connectivity index (χ4v) is 5.77. The van der Waals surface area contributed by atoms with Crippen molar-refractivity contribution in [1.29, 1.82) is 0 Å². The zero-order valence-electron chi connectivity index (χ0n) is 22.0. The average molecular weight is 398 g/mol. The summed E-state index contributed by atoms with van der Waals surface area (Å²) in [7, 11) is 0. The quantitative estimate of drug-likeness (QED) is 0.313. The third-order valence-electron chi connectivity index (χ3n) is 6.96. The van der Waals surface area contributed by atoms with Gasteiger partial charge in [0.05, 0.1) is 0 Å². The second-order valence-corrected chi connectivity index (χ2v) is 11.7. The first-order valence-corrected chi connectivity index (χ1v) is 11.7. The van der Waals surface area contributed by atoms with Crippen LogP contribution in [0.1, 0.15) is 89.5 Å². The van der Waals surface area contributed by atoms with E-state index in [0.29, 0.717) is 24.5 Å². The molecule has 2 unspecified atom stereocenters. The molecule has 0 aromatic rings. The van der Waals surface area contributed by atoms with Crippen molar-refractivity contribution in [2.75, 3.05) is 0 Å². The molecule has 0 aliphatic heterocycles. The summed E-state index contributed by atoms with van der Waals surface area (Å²) in [6.07, 6.45) is 3.06. The van der Waals surface area contributed by atoms with E-state index in [4.69, 9.17) is 4.99 Å². The Bertz CT molecular complexity index is 718. The van der Waals surface area contributed by atoms with E-state index in [9.17, 15) is 0 Å². The van der Waals surface area contributed by atoms with E-state index in [1.807, 2.05) is 6.20 Å². The molecule has 0 bridgehead atoms. The number of allylic oxidation sites excluding steroid dienone is 5. The van der Waals surface area contributed by atoms with Crippen LogP contribution in [0.3, 0.4) is 0 Å². The van der Waals surface area contributed by atoms with Crippen LogP contribution in [0.25, 0.3) is 0 Å². The van der Waals surface area contributed by atoms with Gasteiger partial charge in [-0.25, -0.2) is 0 Å². The zero-order valence-corrected chi connectivity index (χ0v) is 22.0. The van der Waals surface area contributed by atoms with Crippen molar-refractivity contribution in [3.8, 4) is 0 Å². The molecule has 1 aliphatic rings. The van der Waals surface area contributed by atoms with Gasteiger partial charge in [-0.05, 0) is 73.7 Å². The van der Waals surface area contributed by atoms with Gasteiger partial charge in [0, 0.05) is 11.9 Å². The fourth-order valence-electron chi connectivity index (χ4n) is 5.77. The smallest absolute Gasteiger partial charge is 0.145 e. The van der Waals surface area contributed by atoms with Gasteiger partial charge in [0.15, 0.2) is 0 Å². The summed E-state index contributed by atoms with van der Waals surface area (Å²) in [5.41, 5.74) is 9.15. The highest BCUT2D eigenvalue weighted by Gasteiger charge is 2.50. The summed E-state index contributed by atoms with van der Waals surface area (Å²) in [5.74, 6) is 1.57. The summed E-state index contributed by atoms with van der Waals surface area (Å²) < 4.78 is 0. The van der Waals surface area contributed by atoms with Crippen LogP contribution in [0.15, 0.2) is 39.1 Å². The van der Waals surface area contributed by atoms with Crippen LogP contribution in [0, 0.1) is 23.2 Å². The molecule has 0 radical (unpaired) electrons. The molecule has 0 heterocycles. The fraction of sp³-hybridized carbons (Fsp3) is 0.741. The van der Waals surface area contributed by atoms with Gasteiger partial charge in [-0.1, -0.05) is 85.8 Å². The number of aliphatic imine (C=N–C) groups is 1. The maximum Gasteiger partial charge on any atom is 0.145 e. The van der Waals surface area contributed by atoms with Crippen molar-refractivity contribution >= 4 is 12.4 Å². The first-order valence-electron chi connectivity index (χ1n) is 11.7. The molecule has 0 aromatic carbocycles. The van der Waals surface area contributed by atoms with Crippen LogP contribution in [0.2, 0.25) is 19.0 Å². The van der Waals surface area contributed by atoms with E-state index in [1.165, 1.54) is 11.3 Å². The van der Waals surface area contributed by atoms with Crippen molar-refractivity contribution in [1.82, 2.24) is 0 Å². The van der Waals surface area contributed by atoms with Gasteiger partial charge < -0.3 is 0 Å². The highest BCUT2D eigenvalue weighted by Crippen LogP contribution is 2.62. The van der Waals surface area contributed by atoms with Gasteiger partial charge >= 0.3 is 0 Å². The number of hydrogen-bond donors (Lipinski definition) is 0. The molecular weight excluding hydrogens is 349 g/mol. The molecule has 0 aromatic heterocycles. The summed E-state index contributed by atoms with van der Waals surface area (Å²) in [4.78, 5) is 4.83. The van der Waals surface area contributed by atoms with Crippen molar-refractivity contribution in [2.24, 2.45) is 28.2 Å². The van der Waals surface area contributed by atoms with Crippen LogP contribution >= 0.6 is 0 Å². The zero-order chi connectivity index (χ0) is 22.9. The number of rotatable bonds is 6. The highest BCUT2D eigenvalue weighted by atomic mass is 14.7. The molecule has 1 aliphatic carbocycles. The van der Waals surface area contributed by atoms with Crippen molar-refractivity contribution < 1.29 is 0 Å². The topological polar surface area (TPSA) is 12.4 Å². The van der Waals surface area contributed by atoms with E-state index in [-0.39, 0.29) is 10.7 Å². The lowest BCUT2D eigenvalue weighted by molar-refractivity contribution is 0.344. The molecular formula is C27H48BN. The van der Waals surface area contributed by atoms with E-state index in [2.05, 4.69) is 96.7 Å². The highest BCUT2D eigenvalue weighted by molar-refractivity contribution is 6.60. The Hall–Kier alpha value is -1.05. The lowest BCUT2D eigenvalue weighted by Crippen LogP contribution is -2.44. The number of nitrogens with zero attached hydrogens (tertiary/aromatic N) is 1. The molecule has 1 rings (SSSR count). The van der Waals surface area contributed by atoms with E-state index < -0.39 is 0 Å². The lowest BCUT2D eigenvalue weighted by atomic mass is 9.28. The summed E-state index contributed by atoms with van der Waals surface area (Å²) >= 11 is 0. The van der Waals surface area contributed by atoms with Crippen molar-refractivity contribution in [3.63, 3.8) is 0 Å². The molecule has 29 heavy (non-hydrogen) atoms. The molecule has 0 saturated heterocycles. The predicted octanol–water partition coefficient (Wildman–Crippen LogP) is 8.88. The van der Waals surface area contributed by atoms with Crippen LogP contribution in [-0.2, 0) is 0 Å². The SMILES string of the molecule is CB(C)C1(C)C(C(C)C)=C(C)C(C(C)C)=C(C(C)(C)C)C1CC(C)=NC=C(C)C. The Morgan fingerprint density at radius 3 is 1.93 bits per heavy atom. The lowest BCUT2D eigenvalue weighted by Gasteiger charge is -2.53. The first kappa shape index (κ1) is 26.0. The Kier molecular flexibility index (Phi) is 8.42. The van der Waals surface area contributed by atoms with E-state index in [0.717, 1.165) is 6.42 Å². The Morgan fingerprint density at radius 2 is 1.59 bits per heavy atom. The summed E-state index contributed by atoms with van der Waals surface area (Å²) in [6, 6.07) is 0. The molecule has 0 N–H and O–H groups in total. The van der Waals surface area contributed by atoms with Gasteiger partial charge in [-0.3, -0.25) is 4.99 Å². The number of hydrogen-bond acceptors (Lipinski definition) is 1. The second kappa shape index (κ2) is 9.40. The average Bonchev–Trinajstić information content (AvgIpc) is 2.53. The third-order valence-corrected chi connectivity index (χ3v) is 6.96. The minimum absolute atomic E-state index is 0.140. The first-order chi connectivity index (χ1) is 13.1. The maximum absolute atomic E-state index is 4.83. The van der Waals surface area contributed by atoms with Gasteiger partial charge in [-0.15, -0.1) is 0 Å². The molecule has 0 fully saturated rings. The Balaban J connectivity index is 3.94. The maximum atomic E-state index is 4.83. The van der Waals surface area contributed by atoms with Crippen molar-refractivity contribution in [2.45, 2.75) is 108 Å². The summed E-state index contributed by atoms with van der Waals surface area (Å²) in [6.45, 7) is 33.6. The largest absolute Gasteiger partial charge is 0.266 e. The Morgan fingerprint density at radius 1 is 1.07 bits per heavy atom. The molecule has 2 atom stereocenters. The van der Waals surface area contributed by atoms with Crippen molar-refractivity contribution in [3.05, 3.63) is 34.1 Å². The molecule has 164 valence electrons. The van der Waals surface area contributed by atoms with Crippen LogP contribution in [0.4, 0.5) is 0 Å². The Labute approximate surface area is 183 Å². The molecule has 0 spiro atoms. The monoisotopic (exact) mass is 397 g/mol. The molecule has 2 heteroatoms. The van der Waals surface area contributed by atoms with Gasteiger partial charge in [0.25, 0.3) is 0 Å². The van der Waals surface area contributed by atoms with Crippen LogP contribution in [0.5, 0.6) is 0 Å². The normalized spacial score (nSPS) is 24.0. The third kappa shape index (κ3) is 5.36. The van der Waals surface area contributed by atoms with Crippen LogP contribution in [-0.4, -0.2) is 12.4 Å². The standard InChI is InChI=1S/C27H48BN/c1-17(2)16-29-20(7)15-22-25(26(9,10)11)23(18(3)4)21(8)24(19(5)6)27(22,12)28(13)14/h16,18-19,22H,15H2,1-14H3. The summed E-state index contributed by atoms with van der Waals surface area (Å²) in [5, 5.41) is 0.140. The van der Waals surface area contributed by atoms with Gasteiger partial charge in [-0.2, -0.15) is 0 Å². The predicted molar refractivity (Wildman–Crippen MR) is 135 cm³/mol. The molecule has 0 amide bonds. The van der Waals surface area contributed by atoms with Gasteiger partial charge in [0.2, 0.25) is 0 Å². The van der Waals surface area contributed by atoms with E-state index >= 15 is 0 Å². The molecule has 0 saturated carbocycles. The molecule has 1 nitrogen and oxygen atoms in total. The van der Waals surface area contributed by atoms with Gasteiger partial charge in [0.1, 0.15) is 6.71 Å². The minimum Gasteiger partial charge on any atom is -0.266 e. The van der Waals surface area contributed by atoms with E-state index in [1.54, 1.807) is 22.3 Å².